The molecule has 0 bridgehead atoms. The molecule has 0 spiro atoms. The summed E-state index contributed by atoms with van der Waals surface area (Å²) in [5.74, 6) is 1.96. The number of rotatable bonds is 5. The van der Waals surface area contributed by atoms with Gasteiger partial charge in [0, 0.05) is 19.6 Å². The number of aliphatic hydroxyl groups excluding tert-OH is 1. The molecule has 18 heavy (non-hydrogen) atoms. The van der Waals surface area contributed by atoms with Crippen LogP contribution in [0, 0.1) is 11.8 Å². The van der Waals surface area contributed by atoms with Crippen molar-refractivity contribution in [2.24, 2.45) is 11.8 Å². The maximum Gasteiger partial charge on any atom is 0.232 e. The van der Waals surface area contributed by atoms with Crippen molar-refractivity contribution >= 4 is 0 Å². The summed E-state index contributed by atoms with van der Waals surface area (Å²) in [6.07, 6.45) is 1.38. The summed E-state index contributed by atoms with van der Waals surface area (Å²) in [5.41, 5.74) is 0. The molecule has 1 N–H and O–H groups in total. The van der Waals surface area contributed by atoms with E-state index in [4.69, 9.17) is 9.26 Å². The monoisotopic (exact) mass is 254 g/mol. The summed E-state index contributed by atoms with van der Waals surface area (Å²) >= 11 is 0. The van der Waals surface area contributed by atoms with E-state index in [1.165, 1.54) is 0 Å². The van der Waals surface area contributed by atoms with E-state index in [0.717, 1.165) is 31.9 Å². The van der Waals surface area contributed by atoms with E-state index in [1.54, 1.807) is 6.92 Å². The first-order valence-electron chi connectivity index (χ1n) is 6.66. The van der Waals surface area contributed by atoms with Gasteiger partial charge in [0.05, 0.1) is 12.0 Å². The molecule has 5 heteroatoms. The topological polar surface area (TPSA) is 68.4 Å². The third-order valence-electron chi connectivity index (χ3n) is 3.50. The molecule has 0 saturated carbocycles. The minimum atomic E-state index is -0.479. The number of ether oxygens (including phenoxy) is 1. The van der Waals surface area contributed by atoms with E-state index in [9.17, 15) is 5.11 Å². The Kier molecular flexibility index (Phi) is 4.35. The fourth-order valence-electron chi connectivity index (χ4n) is 2.54. The number of hydrogen-bond acceptors (Lipinski definition) is 5. The van der Waals surface area contributed by atoms with Crippen LogP contribution in [0.25, 0.3) is 0 Å². The molecule has 1 fully saturated rings. The van der Waals surface area contributed by atoms with Crippen molar-refractivity contribution in [1.82, 2.24) is 10.1 Å². The van der Waals surface area contributed by atoms with Crippen molar-refractivity contribution in [2.45, 2.75) is 45.6 Å². The molecule has 1 aromatic heterocycles. The standard InChI is InChI=1S/C13H22N2O3/c1-8(2)12(9(3)16)13-14-11(15-18-13)6-10-4-5-17-7-10/h8-10,12,16H,4-7H2,1-3H3. The Bertz CT molecular complexity index is 362. The second-order valence-corrected chi connectivity index (χ2v) is 5.49. The molecule has 2 heterocycles. The highest BCUT2D eigenvalue weighted by Gasteiger charge is 2.28. The summed E-state index contributed by atoms with van der Waals surface area (Å²) in [6, 6.07) is 0. The SMILES string of the molecule is CC(C)C(c1nc(CC2CCOC2)no1)C(C)O. The molecule has 1 aliphatic heterocycles. The van der Waals surface area contributed by atoms with Crippen molar-refractivity contribution in [3.05, 3.63) is 11.7 Å². The lowest BCUT2D eigenvalue weighted by Crippen LogP contribution is -2.20. The van der Waals surface area contributed by atoms with Crippen LogP contribution in [-0.2, 0) is 11.2 Å². The molecule has 5 nitrogen and oxygen atoms in total. The maximum absolute atomic E-state index is 9.78. The summed E-state index contributed by atoms with van der Waals surface area (Å²) in [4.78, 5) is 4.42. The van der Waals surface area contributed by atoms with Crippen molar-refractivity contribution < 1.29 is 14.4 Å². The normalized spacial score (nSPS) is 23.5. The summed E-state index contributed by atoms with van der Waals surface area (Å²) in [5, 5.41) is 13.8. The fraction of sp³-hybridized carbons (Fsp3) is 0.846. The van der Waals surface area contributed by atoms with Crippen LogP contribution in [0.4, 0.5) is 0 Å². The average molecular weight is 254 g/mol. The van der Waals surface area contributed by atoms with Gasteiger partial charge in [-0.3, -0.25) is 0 Å². The van der Waals surface area contributed by atoms with Crippen LogP contribution < -0.4 is 0 Å². The van der Waals surface area contributed by atoms with Gasteiger partial charge in [-0.1, -0.05) is 19.0 Å². The molecule has 3 atom stereocenters. The summed E-state index contributed by atoms with van der Waals surface area (Å²) in [7, 11) is 0. The van der Waals surface area contributed by atoms with Gasteiger partial charge in [0.15, 0.2) is 5.82 Å². The Hall–Kier alpha value is -0.940. The molecule has 3 unspecified atom stereocenters. The van der Waals surface area contributed by atoms with Gasteiger partial charge in [0.2, 0.25) is 5.89 Å². The van der Waals surface area contributed by atoms with Crippen LogP contribution in [0.1, 0.15) is 44.8 Å². The van der Waals surface area contributed by atoms with Gasteiger partial charge in [0.25, 0.3) is 0 Å². The van der Waals surface area contributed by atoms with Crippen LogP contribution >= 0.6 is 0 Å². The van der Waals surface area contributed by atoms with Gasteiger partial charge in [-0.2, -0.15) is 4.98 Å². The van der Waals surface area contributed by atoms with Crippen LogP contribution in [0.2, 0.25) is 0 Å². The minimum absolute atomic E-state index is 0.0916. The lowest BCUT2D eigenvalue weighted by Gasteiger charge is -2.19. The zero-order chi connectivity index (χ0) is 13.1. The van der Waals surface area contributed by atoms with E-state index >= 15 is 0 Å². The van der Waals surface area contributed by atoms with E-state index in [-0.39, 0.29) is 11.8 Å². The molecule has 2 rings (SSSR count). The Morgan fingerprint density at radius 3 is 2.72 bits per heavy atom. The van der Waals surface area contributed by atoms with Crippen molar-refractivity contribution in [1.29, 1.82) is 0 Å². The Morgan fingerprint density at radius 1 is 1.39 bits per heavy atom. The largest absolute Gasteiger partial charge is 0.393 e. The molecule has 0 aliphatic carbocycles. The second-order valence-electron chi connectivity index (χ2n) is 5.49. The molecule has 1 aromatic rings. The van der Waals surface area contributed by atoms with Gasteiger partial charge in [-0.15, -0.1) is 0 Å². The van der Waals surface area contributed by atoms with Crippen LogP contribution in [0.5, 0.6) is 0 Å². The third-order valence-corrected chi connectivity index (χ3v) is 3.50. The van der Waals surface area contributed by atoms with E-state index in [0.29, 0.717) is 11.8 Å². The molecular formula is C13H22N2O3. The van der Waals surface area contributed by atoms with Crippen LogP contribution in [0.15, 0.2) is 4.52 Å². The Morgan fingerprint density at radius 2 is 2.17 bits per heavy atom. The van der Waals surface area contributed by atoms with Crippen LogP contribution in [-0.4, -0.2) is 34.6 Å². The smallest absolute Gasteiger partial charge is 0.232 e. The fourth-order valence-corrected chi connectivity index (χ4v) is 2.54. The first-order chi connectivity index (χ1) is 8.58. The van der Waals surface area contributed by atoms with Crippen molar-refractivity contribution in [2.75, 3.05) is 13.2 Å². The van der Waals surface area contributed by atoms with Crippen LogP contribution in [0.3, 0.4) is 0 Å². The molecule has 1 aliphatic rings. The zero-order valence-electron chi connectivity index (χ0n) is 11.3. The highest BCUT2D eigenvalue weighted by atomic mass is 16.5. The Labute approximate surface area is 108 Å². The van der Waals surface area contributed by atoms with Gasteiger partial charge in [0.1, 0.15) is 0 Å². The van der Waals surface area contributed by atoms with Crippen molar-refractivity contribution in [3.63, 3.8) is 0 Å². The Balaban J connectivity index is 2.03. The highest BCUT2D eigenvalue weighted by Crippen LogP contribution is 2.27. The molecule has 0 radical (unpaired) electrons. The van der Waals surface area contributed by atoms with Gasteiger partial charge in [-0.05, 0) is 25.2 Å². The molecule has 0 amide bonds. The molecule has 1 saturated heterocycles. The first-order valence-corrected chi connectivity index (χ1v) is 6.66. The number of hydrogen-bond donors (Lipinski definition) is 1. The van der Waals surface area contributed by atoms with E-state index in [2.05, 4.69) is 10.1 Å². The number of aliphatic hydroxyl groups is 1. The average Bonchev–Trinajstić information content (AvgIpc) is 2.90. The quantitative estimate of drug-likeness (QED) is 0.867. The molecule has 0 aromatic carbocycles. The highest BCUT2D eigenvalue weighted by molar-refractivity contribution is 4.99. The van der Waals surface area contributed by atoms with Gasteiger partial charge in [-0.25, -0.2) is 0 Å². The predicted octanol–water partition coefficient (Wildman–Crippen LogP) is 1.77. The number of aromatic nitrogens is 2. The maximum atomic E-state index is 9.78. The number of nitrogens with zero attached hydrogens (tertiary/aromatic N) is 2. The van der Waals surface area contributed by atoms with Gasteiger partial charge >= 0.3 is 0 Å². The first kappa shape index (κ1) is 13.5. The predicted molar refractivity (Wildman–Crippen MR) is 66.2 cm³/mol. The minimum Gasteiger partial charge on any atom is -0.393 e. The molecule has 102 valence electrons. The van der Waals surface area contributed by atoms with Crippen molar-refractivity contribution in [3.8, 4) is 0 Å². The third kappa shape index (κ3) is 3.09. The lowest BCUT2D eigenvalue weighted by atomic mass is 9.91. The lowest BCUT2D eigenvalue weighted by molar-refractivity contribution is 0.120. The zero-order valence-corrected chi connectivity index (χ0v) is 11.3. The summed E-state index contributed by atoms with van der Waals surface area (Å²) in [6.45, 7) is 7.48. The molecular weight excluding hydrogens is 232 g/mol. The van der Waals surface area contributed by atoms with E-state index in [1.807, 2.05) is 13.8 Å². The van der Waals surface area contributed by atoms with Gasteiger partial charge < -0.3 is 14.4 Å². The second kappa shape index (κ2) is 5.80. The summed E-state index contributed by atoms with van der Waals surface area (Å²) < 4.78 is 10.6. The van der Waals surface area contributed by atoms with E-state index < -0.39 is 6.10 Å².